The van der Waals surface area contributed by atoms with Crippen LogP contribution in [0.25, 0.3) is 0 Å². The third kappa shape index (κ3) is 12.7. The Kier molecular flexibility index (Phi) is 16.0. The van der Waals surface area contributed by atoms with E-state index in [1.807, 2.05) is 0 Å². The van der Waals surface area contributed by atoms with Crippen molar-refractivity contribution in [3.63, 3.8) is 0 Å². The number of hydrogen-bond donors (Lipinski definition) is 10. The molecule has 11 N–H and O–H groups in total. The number of rotatable bonds is 18. The van der Waals surface area contributed by atoms with Crippen LogP contribution in [0.1, 0.15) is 39.0 Å². The zero-order valence-corrected chi connectivity index (χ0v) is 20.8. The van der Waals surface area contributed by atoms with Crippen LogP contribution in [0, 0.1) is 0 Å². The van der Waals surface area contributed by atoms with Crippen molar-refractivity contribution >= 4 is 48.2 Å². The Bertz CT molecular complexity index is 783. The van der Waals surface area contributed by atoms with Crippen LogP contribution in [0.2, 0.25) is 0 Å². The van der Waals surface area contributed by atoms with Crippen LogP contribution in [-0.4, -0.2) is 100 Å². The van der Waals surface area contributed by atoms with E-state index in [1.165, 1.54) is 6.92 Å². The number of thiol groups is 1. The van der Waals surface area contributed by atoms with Gasteiger partial charge in [-0.25, -0.2) is 4.79 Å². The van der Waals surface area contributed by atoms with Crippen molar-refractivity contribution in [3.8, 4) is 0 Å². The van der Waals surface area contributed by atoms with Crippen molar-refractivity contribution in [2.45, 2.75) is 69.3 Å². The molecule has 0 saturated heterocycles. The van der Waals surface area contributed by atoms with E-state index >= 15 is 0 Å². The Morgan fingerprint density at radius 1 is 0.806 bits per heavy atom. The highest BCUT2D eigenvalue weighted by Crippen LogP contribution is 2.06. The third-order valence-corrected chi connectivity index (χ3v) is 5.29. The van der Waals surface area contributed by atoms with Gasteiger partial charge in [0.25, 0.3) is 0 Å². The number of carbonyl (C=O) groups excluding carboxylic acids is 4. The molecule has 4 amide bonds. The summed E-state index contributed by atoms with van der Waals surface area (Å²) in [6.07, 6.45) is -1.31. The van der Waals surface area contributed by atoms with E-state index in [1.54, 1.807) is 0 Å². The van der Waals surface area contributed by atoms with E-state index in [-0.39, 0.29) is 18.6 Å². The van der Waals surface area contributed by atoms with Crippen LogP contribution in [0.4, 0.5) is 0 Å². The number of hydrogen-bond acceptors (Lipinski definition) is 10. The average Bonchev–Trinajstić information content (AvgIpc) is 2.81. The Morgan fingerprint density at radius 2 is 1.33 bits per heavy atom. The normalized spacial score (nSPS) is 14.9. The lowest BCUT2D eigenvalue weighted by Gasteiger charge is -2.26. The number of carboxylic acid groups (broad SMARTS) is 2. The lowest BCUT2D eigenvalue weighted by atomic mass is 10.0. The molecule has 0 saturated carbocycles. The molecule has 0 spiro atoms. The molecule has 0 aromatic carbocycles. The lowest BCUT2D eigenvalue weighted by molar-refractivity contribution is -0.141. The summed E-state index contributed by atoms with van der Waals surface area (Å²) in [6, 6.07) is -5.50. The van der Waals surface area contributed by atoms with Gasteiger partial charge in [-0.2, -0.15) is 12.6 Å². The topological polar surface area (TPSA) is 263 Å². The van der Waals surface area contributed by atoms with E-state index in [2.05, 4.69) is 33.9 Å². The molecule has 0 aromatic rings. The maximum atomic E-state index is 13.0. The second-order valence-corrected chi connectivity index (χ2v) is 8.28. The van der Waals surface area contributed by atoms with Gasteiger partial charge in [0.15, 0.2) is 0 Å². The van der Waals surface area contributed by atoms with E-state index in [0.717, 1.165) is 0 Å². The molecule has 0 heterocycles. The molecule has 206 valence electrons. The van der Waals surface area contributed by atoms with Crippen molar-refractivity contribution in [1.29, 1.82) is 0 Å². The summed E-state index contributed by atoms with van der Waals surface area (Å²) in [5, 5.41) is 37.2. The summed E-state index contributed by atoms with van der Waals surface area (Å²) in [6.45, 7) is 1.05. The van der Waals surface area contributed by atoms with E-state index in [4.69, 9.17) is 21.7 Å². The van der Waals surface area contributed by atoms with Crippen molar-refractivity contribution in [2.24, 2.45) is 11.5 Å². The average molecular weight is 537 g/mol. The highest BCUT2D eigenvalue weighted by atomic mass is 32.1. The van der Waals surface area contributed by atoms with Gasteiger partial charge in [-0.15, -0.1) is 0 Å². The summed E-state index contributed by atoms with van der Waals surface area (Å²) in [4.78, 5) is 72.2. The fourth-order valence-corrected chi connectivity index (χ4v) is 3.17. The fourth-order valence-electron chi connectivity index (χ4n) is 2.93. The van der Waals surface area contributed by atoms with Gasteiger partial charge in [-0.05, 0) is 39.2 Å². The van der Waals surface area contributed by atoms with Gasteiger partial charge in [0, 0.05) is 12.2 Å². The Morgan fingerprint density at radius 3 is 1.78 bits per heavy atom. The first kappa shape index (κ1) is 33.0. The number of aliphatic carboxylic acids is 2. The van der Waals surface area contributed by atoms with Crippen LogP contribution < -0.4 is 32.7 Å². The molecule has 15 nitrogen and oxygen atoms in total. The van der Waals surface area contributed by atoms with Gasteiger partial charge in [0.2, 0.25) is 23.6 Å². The molecule has 0 fully saturated rings. The van der Waals surface area contributed by atoms with Gasteiger partial charge >= 0.3 is 11.9 Å². The minimum Gasteiger partial charge on any atom is -0.481 e. The van der Waals surface area contributed by atoms with Crippen LogP contribution in [0.5, 0.6) is 0 Å². The second kappa shape index (κ2) is 17.5. The summed E-state index contributed by atoms with van der Waals surface area (Å²) >= 11 is 3.88. The Balaban J connectivity index is 5.71. The number of nitrogens with two attached hydrogens (primary N) is 2. The van der Waals surface area contributed by atoms with E-state index in [9.17, 15) is 33.9 Å². The largest absolute Gasteiger partial charge is 0.481 e. The van der Waals surface area contributed by atoms with Crippen LogP contribution in [0.15, 0.2) is 0 Å². The summed E-state index contributed by atoms with van der Waals surface area (Å²) in [5.74, 6) is -6.29. The predicted octanol–water partition coefficient (Wildman–Crippen LogP) is -3.73. The molecule has 16 heteroatoms. The molecule has 5 atom stereocenters. The molecule has 36 heavy (non-hydrogen) atoms. The second-order valence-electron chi connectivity index (χ2n) is 7.91. The summed E-state index contributed by atoms with van der Waals surface area (Å²) < 4.78 is 0. The zero-order valence-electron chi connectivity index (χ0n) is 19.9. The maximum Gasteiger partial charge on any atom is 0.327 e. The number of carboxylic acids is 2. The van der Waals surface area contributed by atoms with Crippen LogP contribution in [0.3, 0.4) is 0 Å². The molecule has 0 aromatic heterocycles. The van der Waals surface area contributed by atoms with Crippen molar-refractivity contribution in [2.75, 3.05) is 18.8 Å². The van der Waals surface area contributed by atoms with E-state index in [0.29, 0.717) is 19.4 Å². The fraction of sp³-hybridized carbons (Fsp3) is 0.700. The molecule has 0 radical (unpaired) electrons. The lowest BCUT2D eigenvalue weighted by Crippen LogP contribution is -2.59. The van der Waals surface area contributed by atoms with Gasteiger partial charge in [0.1, 0.15) is 24.2 Å². The number of nitrogens with one attached hydrogen (secondary N) is 4. The highest BCUT2D eigenvalue weighted by molar-refractivity contribution is 7.80. The van der Waals surface area contributed by atoms with Crippen molar-refractivity contribution in [1.82, 2.24) is 21.3 Å². The number of carbonyl (C=O) groups is 6. The van der Waals surface area contributed by atoms with Crippen LogP contribution >= 0.6 is 12.6 Å². The first-order chi connectivity index (χ1) is 16.9. The SMILES string of the molecule is C[C@@H](O)[C@H](NC(=O)CN)C(=O)N[C@@H](CCC(=O)O)C(=O)N[C@@H](CCCCN)C(=O)N[C@@H](CS)C(=O)O. The zero-order chi connectivity index (χ0) is 27.8. The minimum absolute atomic E-state index is 0.0795. The standard InChI is InChI=1S/C20H36N6O9S/c1-10(27)16(26-14(28)8-22)19(33)24-12(5-6-15(29)30)18(32)23-11(4-2-3-7-21)17(31)25-13(9-36)20(34)35/h10-13,16,27,36H,2-9,21-22H2,1H3,(H,23,32)(H,24,33)(H,25,31)(H,26,28)(H,29,30)(H,34,35)/t10-,11+,12+,13+,16+/m1/s1. The summed E-state index contributed by atoms with van der Waals surface area (Å²) in [5.41, 5.74) is 10.7. The molecule has 0 aliphatic heterocycles. The van der Waals surface area contributed by atoms with Gasteiger partial charge in [-0.1, -0.05) is 0 Å². The van der Waals surface area contributed by atoms with Crippen molar-refractivity contribution < 1.29 is 44.1 Å². The first-order valence-electron chi connectivity index (χ1n) is 11.2. The molecular weight excluding hydrogens is 500 g/mol. The Hall–Kier alpha value is -2.95. The Labute approximate surface area is 213 Å². The number of amides is 4. The maximum absolute atomic E-state index is 13.0. The quantitative estimate of drug-likeness (QED) is 0.0601. The first-order valence-corrected chi connectivity index (χ1v) is 11.8. The van der Waals surface area contributed by atoms with Gasteiger partial charge < -0.3 is 48.1 Å². The van der Waals surface area contributed by atoms with Crippen molar-refractivity contribution in [3.05, 3.63) is 0 Å². The van der Waals surface area contributed by atoms with Gasteiger partial charge in [-0.3, -0.25) is 24.0 Å². The third-order valence-electron chi connectivity index (χ3n) is 4.92. The number of aliphatic hydroxyl groups is 1. The van der Waals surface area contributed by atoms with Gasteiger partial charge in [0.05, 0.1) is 12.6 Å². The molecule has 0 aliphatic carbocycles. The minimum atomic E-state index is -1.49. The number of unbranched alkanes of at least 4 members (excludes halogenated alkanes) is 1. The monoisotopic (exact) mass is 536 g/mol. The molecule has 0 unspecified atom stereocenters. The molecule has 0 aliphatic rings. The predicted molar refractivity (Wildman–Crippen MR) is 130 cm³/mol. The molecule has 0 bridgehead atoms. The van der Waals surface area contributed by atoms with E-state index < -0.39 is 78.8 Å². The number of aliphatic hydroxyl groups excluding tert-OH is 1. The molecular formula is C20H36N6O9S. The molecule has 0 rings (SSSR count). The smallest absolute Gasteiger partial charge is 0.327 e. The van der Waals surface area contributed by atoms with Crippen LogP contribution in [-0.2, 0) is 28.8 Å². The highest BCUT2D eigenvalue weighted by Gasteiger charge is 2.32. The summed E-state index contributed by atoms with van der Waals surface area (Å²) in [7, 11) is 0.